The summed E-state index contributed by atoms with van der Waals surface area (Å²) in [5, 5.41) is 6.20. The number of nitrogens with one attached hydrogen (secondary N) is 2. The molecule has 4 heteroatoms. The van der Waals surface area contributed by atoms with Gasteiger partial charge in [-0.2, -0.15) is 0 Å². The highest BCUT2D eigenvalue weighted by molar-refractivity contribution is 5.82. The van der Waals surface area contributed by atoms with E-state index in [0.717, 1.165) is 62.5 Å². The molecule has 2 amide bonds. The highest BCUT2D eigenvalue weighted by atomic mass is 16.2. The highest BCUT2D eigenvalue weighted by Gasteiger charge is 2.31. The Kier molecular flexibility index (Phi) is 11.1. The molecular formula is C26H44N2O2. The summed E-state index contributed by atoms with van der Waals surface area (Å²) in [5.74, 6) is 0.262. The van der Waals surface area contributed by atoms with Crippen molar-refractivity contribution in [1.29, 1.82) is 0 Å². The number of hydrogen-bond acceptors (Lipinski definition) is 2. The van der Waals surface area contributed by atoms with Crippen molar-refractivity contribution in [3.63, 3.8) is 0 Å². The first-order chi connectivity index (χ1) is 14.2. The number of benzene rings is 1. The minimum Gasteiger partial charge on any atom is -0.352 e. The van der Waals surface area contributed by atoms with Crippen LogP contribution < -0.4 is 10.6 Å². The molecule has 30 heavy (non-hydrogen) atoms. The van der Waals surface area contributed by atoms with Crippen LogP contribution in [0.1, 0.15) is 104 Å². The molecular weight excluding hydrogens is 372 g/mol. The van der Waals surface area contributed by atoms with Gasteiger partial charge in [0, 0.05) is 23.9 Å². The van der Waals surface area contributed by atoms with E-state index in [9.17, 15) is 9.59 Å². The number of rotatable bonds is 14. The van der Waals surface area contributed by atoms with E-state index in [1.165, 1.54) is 0 Å². The quantitative estimate of drug-likeness (QED) is 0.383. The lowest BCUT2D eigenvalue weighted by molar-refractivity contribution is -0.131. The SMILES string of the molecule is CCCCC(C)(CCCC)C(=O)NCc1ccc(CNC(=O)C(C)(C)CCC)cc1. The number of hydrogen-bond donors (Lipinski definition) is 2. The van der Waals surface area contributed by atoms with Crippen molar-refractivity contribution < 1.29 is 9.59 Å². The van der Waals surface area contributed by atoms with Crippen molar-refractivity contribution in [3.8, 4) is 0 Å². The molecule has 170 valence electrons. The number of carbonyl (C=O) groups excluding carboxylic acids is 2. The van der Waals surface area contributed by atoms with E-state index in [1.807, 2.05) is 38.1 Å². The third-order valence-electron chi connectivity index (χ3n) is 6.13. The molecule has 4 nitrogen and oxygen atoms in total. The van der Waals surface area contributed by atoms with E-state index in [4.69, 9.17) is 0 Å². The average molecular weight is 417 g/mol. The normalized spacial score (nSPS) is 11.9. The van der Waals surface area contributed by atoms with Crippen LogP contribution in [0.15, 0.2) is 24.3 Å². The second kappa shape index (κ2) is 12.8. The first kappa shape index (κ1) is 26.2. The van der Waals surface area contributed by atoms with E-state index in [2.05, 4.69) is 38.3 Å². The van der Waals surface area contributed by atoms with Gasteiger partial charge in [-0.05, 0) is 30.4 Å². The van der Waals surface area contributed by atoms with Crippen LogP contribution in [0.2, 0.25) is 0 Å². The second-order valence-corrected chi connectivity index (χ2v) is 9.58. The van der Waals surface area contributed by atoms with Crippen molar-refractivity contribution >= 4 is 11.8 Å². The van der Waals surface area contributed by atoms with Crippen LogP contribution >= 0.6 is 0 Å². The fraction of sp³-hybridized carbons (Fsp3) is 0.692. The van der Waals surface area contributed by atoms with Gasteiger partial charge >= 0.3 is 0 Å². The molecule has 0 aliphatic rings. The molecule has 1 aromatic rings. The molecule has 0 aliphatic carbocycles. The fourth-order valence-corrected chi connectivity index (χ4v) is 3.82. The molecule has 1 aromatic carbocycles. The van der Waals surface area contributed by atoms with E-state index in [-0.39, 0.29) is 22.6 Å². The molecule has 1 rings (SSSR count). The highest BCUT2D eigenvalue weighted by Crippen LogP contribution is 2.31. The van der Waals surface area contributed by atoms with Crippen molar-refractivity contribution in [1.82, 2.24) is 10.6 Å². The van der Waals surface area contributed by atoms with Gasteiger partial charge in [-0.25, -0.2) is 0 Å². The van der Waals surface area contributed by atoms with E-state index in [0.29, 0.717) is 13.1 Å². The molecule has 0 heterocycles. The first-order valence-electron chi connectivity index (χ1n) is 11.8. The first-order valence-corrected chi connectivity index (χ1v) is 11.8. The molecule has 0 atom stereocenters. The maximum absolute atomic E-state index is 12.9. The third kappa shape index (κ3) is 8.49. The Balaban J connectivity index is 2.59. The van der Waals surface area contributed by atoms with Gasteiger partial charge < -0.3 is 10.6 Å². The van der Waals surface area contributed by atoms with Crippen LogP contribution in [-0.4, -0.2) is 11.8 Å². The second-order valence-electron chi connectivity index (χ2n) is 9.58. The van der Waals surface area contributed by atoms with Crippen LogP contribution in [0, 0.1) is 10.8 Å². The minimum absolute atomic E-state index is 0.0964. The topological polar surface area (TPSA) is 58.2 Å². The van der Waals surface area contributed by atoms with Gasteiger partial charge in [0.15, 0.2) is 0 Å². The van der Waals surface area contributed by atoms with Gasteiger partial charge in [0.25, 0.3) is 0 Å². The molecule has 0 aromatic heterocycles. The van der Waals surface area contributed by atoms with Crippen LogP contribution in [0.25, 0.3) is 0 Å². The Morgan fingerprint density at radius 3 is 1.53 bits per heavy atom. The summed E-state index contributed by atoms with van der Waals surface area (Å²) in [5.41, 5.74) is 1.54. The Bertz CT molecular complexity index is 642. The lowest BCUT2D eigenvalue weighted by Gasteiger charge is -2.28. The molecule has 0 unspecified atom stereocenters. The van der Waals surface area contributed by atoms with Gasteiger partial charge in [0.05, 0.1) is 0 Å². The summed E-state index contributed by atoms with van der Waals surface area (Å²) in [6.45, 7) is 13.6. The van der Waals surface area contributed by atoms with Gasteiger partial charge in [0.2, 0.25) is 11.8 Å². The molecule has 0 fully saturated rings. The average Bonchev–Trinajstić information content (AvgIpc) is 2.73. The molecule has 2 N–H and O–H groups in total. The zero-order valence-corrected chi connectivity index (χ0v) is 20.2. The van der Waals surface area contributed by atoms with Gasteiger partial charge in [-0.3, -0.25) is 9.59 Å². The standard InChI is InChI=1S/C26H44N2O2/c1-7-10-17-26(6,18-11-8-2)24(30)28-20-22-14-12-21(13-15-22)19-27-23(29)25(4,5)16-9-3/h12-15H,7-11,16-20H2,1-6H3,(H,27,29)(H,28,30). The van der Waals surface area contributed by atoms with Crippen LogP contribution in [0.3, 0.4) is 0 Å². The summed E-state index contributed by atoms with van der Waals surface area (Å²) in [6, 6.07) is 8.13. The zero-order valence-electron chi connectivity index (χ0n) is 20.2. The predicted octanol–water partition coefficient (Wildman–Crippen LogP) is 6.13. The largest absolute Gasteiger partial charge is 0.352 e. The number of amides is 2. The maximum atomic E-state index is 12.9. The number of carbonyl (C=O) groups is 2. The van der Waals surface area contributed by atoms with Crippen molar-refractivity contribution in [2.24, 2.45) is 10.8 Å². The summed E-state index contributed by atoms with van der Waals surface area (Å²) in [4.78, 5) is 25.2. The minimum atomic E-state index is -0.332. The Morgan fingerprint density at radius 2 is 1.13 bits per heavy atom. The fourth-order valence-electron chi connectivity index (χ4n) is 3.82. The van der Waals surface area contributed by atoms with E-state index < -0.39 is 0 Å². The van der Waals surface area contributed by atoms with Crippen LogP contribution in [0.5, 0.6) is 0 Å². The van der Waals surface area contributed by atoms with Gasteiger partial charge in [0.1, 0.15) is 0 Å². The van der Waals surface area contributed by atoms with E-state index >= 15 is 0 Å². The predicted molar refractivity (Wildman–Crippen MR) is 126 cm³/mol. The summed E-state index contributed by atoms with van der Waals surface area (Å²) in [7, 11) is 0. The van der Waals surface area contributed by atoms with E-state index in [1.54, 1.807) is 0 Å². The molecule has 0 spiro atoms. The van der Waals surface area contributed by atoms with Crippen molar-refractivity contribution in [2.45, 2.75) is 106 Å². The monoisotopic (exact) mass is 416 g/mol. The molecule has 0 bridgehead atoms. The van der Waals surface area contributed by atoms with Gasteiger partial charge in [-0.1, -0.05) is 97.9 Å². The molecule has 0 aliphatic heterocycles. The Hall–Kier alpha value is -1.84. The maximum Gasteiger partial charge on any atom is 0.226 e. The van der Waals surface area contributed by atoms with Gasteiger partial charge in [-0.15, -0.1) is 0 Å². The van der Waals surface area contributed by atoms with Crippen LogP contribution in [0.4, 0.5) is 0 Å². The lowest BCUT2D eigenvalue weighted by atomic mass is 9.79. The lowest BCUT2D eigenvalue weighted by Crippen LogP contribution is -2.38. The summed E-state index contributed by atoms with van der Waals surface area (Å²) < 4.78 is 0. The van der Waals surface area contributed by atoms with Crippen molar-refractivity contribution in [3.05, 3.63) is 35.4 Å². The van der Waals surface area contributed by atoms with Crippen molar-refractivity contribution in [2.75, 3.05) is 0 Å². The molecule has 0 radical (unpaired) electrons. The Morgan fingerprint density at radius 1 is 0.700 bits per heavy atom. The summed E-state index contributed by atoms with van der Waals surface area (Å²) in [6.07, 6.45) is 8.17. The molecule has 0 saturated heterocycles. The number of unbranched alkanes of at least 4 members (excludes halogenated alkanes) is 2. The van der Waals surface area contributed by atoms with Crippen LogP contribution in [-0.2, 0) is 22.7 Å². The smallest absolute Gasteiger partial charge is 0.226 e. The summed E-state index contributed by atoms with van der Waals surface area (Å²) >= 11 is 0. The Labute approximate surface area is 184 Å². The molecule has 0 saturated carbocycles. The zero-order chi connectivity index (χ0) is 22.6. The third-order valence-corrected chi connectivity index (χ3v) is 6.13.